The summed E-state index contributed by atoms with van der Waals surface area (Å²) in [5, 5.41) is 10.8. The van der Waals surface area contributed by atoms with Gasteiger partial charge >= 0.3 is 5.97 Å². The summed E-state index contributed by atoms with van der Waals surface area (Å²) in [5.74, 6) is 0.638. The van der Waals surface area contributed by atoms with Crippen LogP contribution in [0.4, 0.5) is 5.69 Å². The summed E-state index contributed by atoms with van der Waals surface area (Å²) in [6.45, 7) is 4.02. The third kappa shape index (κ3) is 5.57. The molecule has 0 saturated heterocycles. The second-order valence-electron chi connectivity index (χ2n) is 5.61. The van der Waals surface area contributed by atoms with Gasteiger partial charge in [0.2, 0.25) is 0 Å². The predicted octanol–water partition coefficient (Wildman–Crippen LogP) is 4.32. The van der Waals surface area contributed by atoms with Gasteiger partial charge in [0.1, 0.15) is 6.10 Å². The molecule has 2 aromatic carbocycles. The van der Waals surface area contributed by atoms with Crippen molar-refractivity contribution in [3.05, 3.63) is 69.8 Å². The average molecular weight is 371 g/mol. The Labute approximate surface area is 157 Å². The van der Waals surface area contributed by atoms with Crippen LogP contribution in [0.1, 0.15) is 31.1 Å². The summed E-state index contributed by atoms with van der Waals surface area (Å²) >= 11 is 0. The number of methoxy groups -OCH3 is 1. The highest BCUT2D eigenvalue weighted by Gasteiger charge is 2.13. The minimum absolute atomic E-state index is 0.0485. The van der Waals surface area contributed by atoms with Crippen molar-refractivity contribution in [3.63, 3.8) is 0 Å². The topological polar surface area (TPSA) is 87.9 Å². The summed E-state index contributed by atoms with van der Waals surface area (Å²) < 4.78 is 16.0. The van der Waals surface area contributed by atoms with E-state index in [-0.39, 0.29) is 5.69 Å². The molecule has 0 heterocycles. The lowest BCUT2D eigenvalue weighted by molar-refractivity contribution is -0.385. The molecule has 0 aromatic heterocycles. The van der Waals surface area contributed by atoms with E-state index in [9.17, 15) is 14.9 Å². The Morgan fingerprint density at radius 1 is 1.22 bits per heavy atom. The Bertz CT molecular complexity index is 846. The first-order valence-electron chi connectivity index (χ1n) is 8.38. The SMILES string of the molecule is CCOc1cc(/C=C/C(=O)O[C@@H](C)c2cccc([N+](=O)[O-])c2)ccc1OC. The van der Waals surface area contributed by atoms with Gasteiger partial charge in [0.05, 0.1) is 18.6 Å². The normalized spacial score (nSPS) is 11.8. The van der Waals surface area contributed by atoms with Gasteiger partial charge in [-0.1, -0.05) is 18.2 Å². The van der Waals surface area contributed by atoms with Crippen LogP contribution >= 0.6 is 0 Å². The van der Waals surface area contributed by atoms with Crippen molar-refractivity contribution in [1.29, 1.82) is 0 Å². The maximum atomic E-state index is 12.1. The fourth-order valence-corrected chi connectivity index (χ4v) is 2.40. The lowest BCUT2D eigenvalue weighted by Gasteiger charge is -2.12. The third-order valence-corrected chi connectivity index (χ3v) is 3.74. The highest BCUT2D eigenvalue weighted by molar-refractivity contribution is 5.87. The molecular formula is C20H21NO6. The molecule has 0 aliphatic heterocycles. The Morgan fingerprint density at radius 3 is 2.67 bits per heavy atom. The van der Waals surface area contributed by atoms with E-state index in [0.29, 0.717) is 23.7 Å². The fraction of sp³-hybridized carbons (Fsp3) is 0.250. The molecule has 7 nitrogen and oxygen atoms in total. The lowest BCUT2D eigenvalue weighted by Crippen LogP contribution is -2.06. The number of nitrogens with zero attached hydrogens (tertiary/aromatic N) is 1. The largest absolute Gasteiger partial charge is 0.493 e. The molecule has 2 aromatic rings. The van der Waals surface area contributed by atoms with Gasteiger partial charge in [0.25, 0.3) is 5.69 Å². The molecule has 0 aliphatic carbocycles. The minimum Gasteiger partial charge on any atom is -0.493 e. The smallest absolute Gasteiger partial charge is 0.331 e. The van der Waals surface area contributed by atoms with Crippen LogP contribution in [0.5, 0.6) is 11.5 Å². The number of hydrogen-bond donors (Lipinski definition) is 0. The molecule has 0 saturated carbocycles. The number of ether oxygens (including phenoxy) is 3. The van der Waals surface area contributed by atoms with Crippen molar-refractivity contribution >= 4 is 17.7 Å². The van der Waals surface area contributed by atoms with Gasteiger partial charge < -0.3 is 14.2 Å². The van der Waals surface area contributed by atoms with Crippen LogP contribution in [-0.4, -0.2) is 24.6 Å². The van der Waals surface area contributed by atoms with Crippen LogP contribution < -0.4 is 9.47 Å². The molecule has 142 valence electrons. The predicted molar refractivity (Wildman–Crippen MR) is 101 cm³/mol. The number of hydrogen-bond acceptors (Lipinski definition) is 6. The Morgan fingerprint density at radius 2 is 2.00 bits per heavy atom. The number of benzene rings is 2. The van der Waals surface area contributed by atoms with Crippen LogP contribution in [0.2, 0.25) is 0 Å². The number of carbonyl (C=O) groups is 1. The molecule has 0 fully saturated rings. The van der Waals surface area contributed by atoms with Crippen LogP contribution in [0.3, 0.4) is 0 Å². The molecular weight excluding hydrogens is 350 g/mol. The number of nitro groups is 1. The quantitative estimate of drug-likeness (QED) is 0.297. The van der Waals surface area contributed by atoms with E-state index >= 15 is 0 Å². The second kappa shape index (κ2) is 9.38. The lowest BCUT2D eigenvalue weighted by atomic mass is 10.1. The molecule has 27 heavy (non-hydrogen) atoms. The molecule has 0 spiro atoms. The van der Waals surface area contributed by atoms with Gasteiger partial charge in [0.15, 0.2) is 11.5 Å². The summed E-state index contributed by atoms with van der Waals surface area (Å²) in [5.41, 5.74) is 1.25. The third-order valence-electron chi connectivity index (χ3n) is 3.74. The number of esters is 1. The first kappa shape index (κ1) is 20.0. The van der Waals surface area contributed by atoms with Gasteiger partial charge in [-0.15, -0.1) is 0 Å². The van der Waals surface area contributed by atoms with Crippen LogP contribution in [0, 0.1) is 10.1 Å². The molecule has 1 atom stereocenters. The second-order valence-corrected chi connectivity index (χ2v) is 5.61. The van der Waals surface area contributed by atoms with Crippen LogP contribution in [0.25, 0.3) is 6.08 Å². The Balaban J connectivity index is 2.05. The van der Waals surface area contributed by atoms with E-state index in [1.54, 1.807) is 50.4 Å². The number of nitro benzene ring substituents is 1. The highest BCUT2D eigenvalue weighted by atomic mass is 16.6. The zero-order valence-electron chi connectivity index (χ0n) is 15.4. The summed E-state index contributed by atoms with van der Waals surface area (Å²) in [7, 11) is 1.56. The van der Waals surface area contributed by atoms with E-state index in [1.807, 2.05) is 6.92 Å². The standard InChI is InChI=1S/C20H21NO6/c1-4-26-19-12-15(8-10-18(19)25-3)9-11-20(22)27-14(2)16-6-5-7-17(13-16)21(23)24/h5-14H,4H2,1-3H3/b11-9+/t14-/m0/s1. The van der Waals surface area contributed by atoms with Crippen molar-refractivity contribution in [3.8, 4) is 11.5 Å². The molecule has 0 bridgehead atoms. The van der Waals surface area contributed by atoms with E-state index in [0.717, 1.165) is 5.56 Å². The van der Waals surface area contributed by atoms with E-state index in [1.165, 1.54) is 18.2 Å². The number of non-ortho nitro benzene ring substituents is 1. The Hall–Kier alpha value is -3.35. The molecule has 0 amide bonds. The highest BCUT2D eigenvalue weighted by Crippen LogP contribution is 2.28. The van der Waals surface area contributed by atoms with E-state index in [4.69, 9.17) is 14.2 Å². The molecule has 0 radical (unpaired) electrons. The van der Waals surface area contributed by atoms with Crippen molar-refractivity contribution in [2.75, 3.05) is 13.7 Å². The Kier molecular flexibility index (Phi) is 6.93. The molecule has 0 unspecified atom stereocenters. The summed E-state index contributed by atoms with van der Waals surface area (Å²) in [6.07, 6.45) is 2.28. The van der Waals surface area contributed by atoms with Crippen LogP contribution in [-0.2, 0) is 9.53 Å². The van der Waals surface area contributed by atoms with E-state index in [2.05, 4.69) is 0 Å². The molecule has 7 heteroatoms. The van der Waals surface area contributed by atoms with Crippen molar-refractivity contribution in [2.24, 2.45) is 0 Å². The first-order chi connectivity index (χ1) is 12.9. The van der Waals surface area contributed by atoms with Crippen molar-refractivity contribution < 1.29 is 23.9 Å². The zero-order chi connectivity index (χ0) is 19.8. The van der Waals surface area contributed by atoms with Gasteiger partial charge in [-0.2, -0.15) is 0 Å². The van der Waals surface area contributed by atoms with Crippen molar-refractivity contribution in [2.45, 2.75) is 20.0 Å². The maximum Gasteiger partial charge on any atom is 0.331 e. The minimum atomic E-state index is -0.614. The summed E-state index contributed by atoms with van der Waals surface area (Å²) in [6, 6.07) is 11.3. The van der Waals surface area contributed by atoms with E-state index < -0.39 is 17.0 Å². The number of carbonyl (C=O) groups excluding carboxylic acids is 1. The molecule has 2 rings (SSSR count). The molecule has 0 aliphatic rings. The monoisotopic (exact) mass is 371 g/mol. The van der Waals surface area contributed by atoms with Gasteiger partial charge in [0, 0.05) is 18.2 Å². The first-order valence-corrected chi connectivity index (χ1v) is 8.38. The van der Waals surface area contributed by atoms with Gasteiger partial charge in [-0.3, -0.25) is 10.1 Å². The van der Waals surface area contributed by atoms with Crippen LogP contribution in [0.15, 0.2) is 48.5 Å². The summed E-state index contributed by atoms with van der Waals surface area (Å²) in [4.78, 5) is 22.4. The average Bonchev–Trinajstić information content (AvgIpc) is 2.67. The molecule has 0 N–H and O–H groups in total. The maximum absolute atomic E-state index is 12.1. The fourth-order valence-electron chi connectivity index (χ4n) is 2.40. The van der Waals surface area contributed by atoms with Gasteiger partial charge in [-0.05, 0) is 43.2 Å². The van der Waals surface area contributed by atoms with Gasteiger partial charge in [-0.25, -0.2) is 4.79 Å². The number of rotatable bonds is 8. The zero-order valence-corrected chi connectivity index (χ0v) is 15.4. The van der Waals surface area contributed by atoms with Crippen molar-refractivity contribution in [1.82, 2.24) is 0 Å².